The molecule has 1 unspecified atom stereocenters. The Morgan fingerprint density at radius 2 is 2.13 bits per heavy atom. The number of hydrogen-bond donors (Lipinski definition) is 1. The molecule has 2 N–H and O–H groups in total. The molecule has 3 heteroatoms. The van der Waals surface area contributed by atoms with E-state index in [1.807, 2.05) is 0 Å². The van der Waals surface area contributed by atoms with E-state index in [2.05, 4.69) is 11.9 Å². The molecule has 1 saturated heterocycles. The highest BCUT2D eigenvalue weighted by molar-refractivity contribution is 4.95. The van der Waals surface area contributed by atoms with Crippen LogP contribution < -0.4 is 5.73 Å². The van der Waals surface area contributed by atoms with Crippen molar-refractivity contribution in [1.82, 2.24) is 4.90 Å². The van der Waals surface area contributed by atoms with E-state index in [-0.39, 0.29) is 0 Å². The molecule has 1 aliphatic heterocycles. The molecule has 0 amide bonds. The zero-order chi connectivity index (χ0) is 10.7. The third-order valence-corrected chi connectivity index (χ3v) is 4.28. The fourth-order valence-electron chi connectivity index (χ4n) is 3.08. The third kappa shape index (κ3) is 2.35. The first-order valence-corrected chi connectivity index (χ1v) is 6.26. The van der Waals surface area contributed by atoms with E-state index in [1.54, 1.807) is 0 Å². The molecular formula is C12H24N2O. The maximum absolute atomic E-state index is 5.97. The summed E-state index contributed by atoms with van der Waals surface area (Å²) < 4.78 is 5.43. The van der Waals surface area contributed by atoms with Crippen molar-refractivity contribution in [2.75, 3.05) is 33.4 Å². The number of hydrogen-bond acceptors (Lipinski definition) is 3. The second kappa shape index (κ2) is 4.81. The van der Waals surface area contributed by atoms with Crippen LogP contribution in [0, 0.1) is 5.92 Å². The van der Waals surface area contributed by atoms with E-state index in [1.165, 1.54) is 32.1 Å². The van der Waals surface area contributed by atoms with Crippen LogP contribution in [-0.4, -0.2) is 43.8 Å². The lowest BCUT2D eigenvalue weighted by Gasteiger charge is -2.39. The maximum Gasteiger partial charge on any atom is 0.0507 e. The Balaban J connectivity index is 1.89. The predicted molar refractivity (Wildman–Crippen MR) is 61.8 cm³/mol. The lowest BCUT2D eigenvalue weighted by Crippen LogP contribution is -2.51. The summed E-state index contributed by atoms with van der Waals surface area (Å²) in [4.78, 5) is 2.51. The lowest BCUT2D eigenvalue weighted by molar-refractivity contribution is 0.103. The molecule has 0 aromatic rings. The van der Waals surface area contributed by atoms with E-state index < -0.39 is 0 Å². The normalized spacial score (nSPS) is 30.2. The van der Waals surface area contributed by atoms with Crippen molar-refractivity contribution in [3.05, 3.63) is 0 Å². The molecule has 15 heavy (non-hydrogen) atoms. The largest absolute Gasteiger partial charge is 0.381 e. The minimum Gasteiger partial charge on any atom is -0.381 e. The molecule has 2 aliphatic rings. The fraction of sp³-hybridized carbons (Fsp3) is 1.00. The highest BCUT2D eigenvalue weighted by atomic mass is 16.5. The summed E-state index contributed by atoms with van der Waals surface area (Å²) in [5, 5.41) is 0. The van der Waals surface area contributed by atoms with Crippen molar-refractivity contribution in [2.45, 2.75) is 37.6 Å². The van der Waals surface area contributed by atoms with Crippen LogP contribution in [0.1, 0.15) is 32.1 Å². The van der Waals surface area contributed by atoms with Crippen molar-refractivity contribution >= 4 is 0 Å². The zero-order valence-electron chi connectivity index (χ0n) is 9.87. The quantitative estimate of drug-likeness (QED) is 0.761. The summed E-state index contributed by atoms with van der Waals surface area (Å²) in [6.07, 6.45) is 6.50. The Kier molecular flexibility index (Phi) is 3.65. The summed E-state index contributed by atoms with van der Waals surface area (Å²) in [6, 6.07) is 0. The Morgan fingerprint density at radius 3 is 2.67 bits per heavy atom. The molecular weight excluding hydrogens is 188 g/mol. The molecule has 0 aromatic carbocycles. The predicted octanol–water partition coefficient (Wildman–Crippen LogP) is 1.23. The number of ether oxygens (including phenoxy) is 1. The monoisotopic (exact) mass is 212 g/mol. The van der Waals surface area contributed by atoms with Crippen LogP contribution in [0.15, 0.2) is 0 Å². The molecule has 1 saturated carbocycles. The molecule has 0 aromatic heterocycles. The van der Waals surface area contributed by atoms with Crippen molar-refractivity contribution in [3.63, 3.8) is 0 Å². The molecule has 1 atom stereocenters. The molecule has 88 valence electrons. The number of rotatable bonds is 4. The first kappa shape index (κ1) is 11.4. The molecule has 0 radical (unpaired) electrons. The van der Waals surface area contributed by atoms with E-state index >= 15 is 0 Å². The van der Waals surface area contributed by atoms with E-state index in [0.717, 1.165) is 32.2 Å². The van der Waals surface area contributed by atoms with Crippen LogP contribution in [0.4, 0.5) is 0 Å². The molecule has 0 bridgehead atoms. The minimum absolute atomic E-state index is 0.308. The first-order valence-electron chi connectivity index (χ1n) is 6.26. The fourth-order valence-corrected chi connectivity index (χ4v) is 3.08. The van der Waals surface area contributed by atoms with Gasteiger partial charge in [-0.2, -0.15) is 0 Å². The van der Waals surface area contributed by atoms with Crippen LogP contribution in [0.25, 0.3) is 0 Å². The summed E-state index contributed by atoms with van der Waals surface area (Å²) in [5.74, 6) is 0.735. The highest BCUT2D eigenvalue weighted by Crippen LogP contribution is 2.34. The SMILES string of the molecule is CN(CC1CCOC1)C1(CN)CCCC1. The highest BCUT2D eigenvalue weighted by Gasteiger charge is 2.37. The Hall–Kier alpha value is -0.120. The molecule has 3 nitrogen and oxygen atoms in total. The summed E-state index contributed by atoms with van der Waals surface area (Å²) >= 11 is 0. The van der Waals surface area contributed by atoms with Gasteiger partial charge in [-0.1, -0.05) is 12.8 Å². The third-order valence-electron chi connectivity index (χ3n) is 4.28. The van der Waals surface area contributed by atoms with E-state index in [9.17, 15) is 0 Å². The average molecular weight is 212 g/mol. The Labute approximate surface area is 93.0 Å². The lowest BCUT2D eigenvalue weighted by atomic mass is 9.94. The molecule has 2 fully saturated rings. The van der Waals surface area contributed by atoms with Gasteiger partial charge in [0.1, 0.15) is 0 Å². The van der Waals surface area contributed by atoms with Crippen molar-refractivity contribution in [1.29, 1.82) is 0 Å². The van der Waals surface area contributed by atoms with Gasteiger partial charge in [0.05, 0.1) is 6.61 Å². The van der Waals surface area contributed by atoms with Crippen molar-refractivity contribution in [2.24, 2.45) is 11.7 Å². The van der Waals surface area contributed by atoms with Gasteiger partial charge in [0.2, 0.25) is 0 Å². The molecule has 2 rings (SSSR count). The maximum atomic E-state index is 5.97. The van der Waals surface area contributed by atoms with Crippen LogP contribution in [-0.2, 0) is 4.74 Å². The molecule has 1 aliphatic carbocycles. The Morgan fingerprint density at radius 1 is 1.40 bits per heavy atom. The minimum atomic E-state index is 0.308. The molecule has 0 spiro atoms. The number of nitrogens with two attached hydrogens (primary N) is 1. The molecule has 1 heterocycles. The van der Waals surface area contributed by atoms with Gasteiger partial charge in [-0.05, 0) is 32.2 Å². The van der Waals surface area contributed by atoms with Crippen LogP contribution >= 0.6 is 0 Å². The van der Waals surface area contributed by atoms with Gasteiger partial charge < -0.3 is 10.5 Å². The van der Waals surface area contributed by atoms with Crippen molar-refractivity contribution in [3.8, 4) is 0 Å². The zero-order valence-corrected chi connectivity index (χ0v) is 9.87. The van der Waals surface area contributed by atoms with Gasteiger partial charge in [-0.25, -0.2) is 0 Å². The first-order chi connectivity index (χ1) is 7.27. The van der Waals surface area contributed by atoms with E-state index in [4.69, 9.17) is 10.5 Å². The topological polar surface area (TPSA) is 38.5 Å². The second-order valence-electron chi connectivity index (χ2n) is 5.25. The van der Waals surface area contributed by atoms with Crippen molar-refractivity contribution < 1.29 is 4.74 Å². The smallest absolute Gasteiger partial charge is 0.0507 e. The summed E-state index contributed by atoms with van der Waals surface area (Å²) in [5.41, 5.74) is 6.28. The van der Waals surface area contributed by atoms with Crippen LogP contribution in [0.2, 0.25) is 0 Å². The van der Waals surface area contributed by atoms with Gasteiger partial charge in [0, 0.05) is 25.2 Å². The van der Waals surface area contributed by atoms with Crippen LogP contribution in [0.3, 0.4) is 0 Å². The number of nitrogens with zero attached hydrogens (tertiary/aromatic N) is 1. The van der Waals surface area contributed by atoms with Gasteiger partial charge in [0.15, 0.2) is 0 Å². The second-order valence-corrected chi connectivity index (χ2v) is 5.25. The standard InChI is InChI=1S/C12H24N2O/c1-14(8-11-4-7-15-9-11)12(10-13)5-2-3-6-12/h11H,2-10,13H2,1H3. The van der Waals surface area contributed by atoms with Gasteiger partial charge in [-0.15, -0.1) is 0 Å². The van der Waals surface area contributed by atoms with Gasteiger partial charge >= 0.3 is 0 Å². The summed E-state index contributed by atoms with van der Waals surface area (Å²) in [6.45, 7) is 3.88. The number of likely N-dealkylation sites (N-methyl/N-ethyl adjacent to an activating group) is 1. The average Bonchev–Trinajstić information content (AvgIpc) is 2.87. The van der Waals surface area contributed by atoms with E-state index in [0.29, 0.717) is 5.54 Å². The summed E-state index contributed by atoms with van der Waals surface area (Å²) in [7, 11) is 2.25. The van der Waals surface area contributed by atoms with Crippen LogP contribution in [0.5, 0.6) is 0 Å². The van der Waals surface area contributed by atoms with Gasteiger partial charge in [0.25, 0.3) is 0 Å². The van der Waals surface area contributed by atoms with Gasteiger partial charge in [-0.3, -0.25) is 4.90 Å². The Bertz CT molecular complexity index is 196.